The second kappa shape index (κ2) is 7.60. The van der Waals surface area contributed by atoms with Gasteiger partial charge in [0, 0.05) is 12.2 Å². The van der Waals surface area contributed by atoms with Crippen LogP contribution in [0.1, 0.15) is 23.6 Å². The van der Waals surface area contributed by atoms with E-state index in [-0.39, 0.29) is 5.91 Å². The molecule has 0 bridgehead atoms. The van der Waals surface area contributed by atoms with Gasteiger partial charge in [-0.25, -0.2) is 0 Å². The number of amides is 1. The predicted octanol–water partition coefficient (Wildman–Crippen LogP) is 3.29. The lowest BCUT2D eigenvalue weighted by Gasteiger charge is -2.10. The van der Waals surface area contributed by atoms with Crippen molar-refractivity contribution in [3.8, 4) is 0 Å². The Hall–Kier alpha value is -2.13. The highest BCUT2D eigenvalue weighted by Gasteiger charge is 2.05. The van der Waals surface area contributed by atoms with Gasteiger partial charge in [0.2, 0.25) is 5.91 Å². The minimum Gasteiger partial charge on any atom is -0.325 e. The van der Waals surface area contributed by atoms with Gasteiger partial charge in [-0.15, -0.1) is 0 Å². The smallest absolute Gasteiger partial charge is 0.238 e. The molecule has 0 radical (unpaired) electrons. The maximum Gasteiger partial charge on any atom is 0.238 e. The van der Waals surface area contributed by atoms with E-state index in [1.165, 1.54) is 11.1 Å². The fraction of sp³-hybridized carbons (Fsp3) is 0.278. The fourth-order valence-electron chi connectivity index (χ4n) is 2.29. The zero-order chi connectivity index (χ0) is 15.1. The molecule has 0 aromatic heterocycles. The van der Waals surface area contributed by atoms with Gasteiger partial charge in [0.15, 0.2) is 0 Å². The van der Waals surface area contributed by atoms with Crippen molar-refractivity contribution in [3.05, 3.63) is 65.2 Å². The quantitative estimate of drug-likeness (QED) is 0.853. The lowest BCUT2D eigenvalue weighted by atomic mass is 10.1. The normalized spacial score (nSPS) is 10.4. The Morgan fingerprint density at radius 1 is 1.00 bits per heavy atom. The third-order valence-electron chi connectivity index (χ3n) is 3.52. The summed E-state index contributed by atoms with van der Waals surface area (Å²) in [6, 6.07) is 16.1. The van der Waals surface area contributed by atoms with Gasteiger partial charge in [-0.2, -0.15) is 0 Å². The first kappa shape index (κ1) is 15.3. The Labute approximate surface area is 126 Å². The number of carbonyl (C=O) groups is 1. The van der Waals surface area contributed by atoms with Crippen LogP contribution in [0, 0.1) is 6.92 Å². The number of nitrogens with one attached hydrogen (secondary N) is 2. The number of aryl methyl sites for hydroxylation is 2. The van der Waals surface area contributed by atoms with Crippen LogP contribution >= 0.6 is 0 Å². The van der Waals surface area contributed by atoms with Crippen LogP contribution in [0.3, 0.4) is 0 Å². The molecule has 0 saturated carbocycles. The van der Waals surface area contributed by atoms with Crippen molar-refractivity contribution in [1.29, 1.82) is 0 Å². The minimum atomic E-state index is -0.0155. The largest absolute Gasteiger partial charge is 0.325 e. The van der Waals surface area contributed by atoms with Gasteiger partial charge in [0.05, 0.1) is 6.54 Å². The summed E-state index contributed by atoms with van der Waals surface area (Å²) >= 11 is 0. The van der Waals surface area contributed by atoms with E-state index in [4.69, 9.17) is 0 Å². The van der Waals surface area contributed by atoms with Crippen LogP contribution in [0.2, 0.25) is 0 Å². The highest BCUT2D eigenvalue weighted by molar-refractivity contribution is 5.92. The SMILES string of the molecule is CCc1ccccc1CNCC(=O)Nc1ccccc1C. The molecule has 2 aromatic rings. The van der Waals surface area contributed by atoms with E-state index in [1.54, 1.807) is 0 Å². The van der Waals surface area contributed by atoms with E-state index in [0.717, 1.165) is 17.7 Å². The second-order valence-electron chi connectivity index (χ2n) is 5.09. The average Bonchev–Trinajstić information content (AvgIpc) is 2.50. The summed E-state index contributed by atoms with van der Waals surface area (Å²) < 4.78 is 0. The molecule has 0 spiro atoms. The van der Waals surface area contributed by atoms with Crippen LogP contribution < -0.4 is 10.6 Å². The first-order valence-corrected chi connectivity index (χ1v) is 7.33. The Bertz CT molecular complexity index is 608. The Balaban J connectivity index is 1.83. The molecule has 0 aliphatic heterocycles. The molecule has 0 heterocycles. The number of hydrogen-bond acceptors (Lipinski definition) is 2. The van der Waals surface area contributed by atoms with E-state index in [1.807, 2.05) is 43.3 Å². The molecule has 2 rings (SSSR count). The standard InChI is InChI=1S/C18H22N2O/c1-3-15-9-5-6-10-16(15)12-19-13-18(21)20-17-11-7-4-8-14(17)2/h4-11,19H,3,12-13H2,1-2H3,(H,20,21). The summed E-state index contributed by atoms with van der Waals surface area (Å²) in [6.07, 6.45) is 1.01. The zero-order valence-electron chi connectivity index (χ0n) is 12.6. The maximum atomic E-state index is 11.9. The number of rotatable bonds is 6. The molecule has 0 aliphatic rings. The lowest BCUT2D eigenvalue weighted by molar-refractivity contribution is -0.115. The van der Waals surface area contributed by atoms with Gasteiger partial charge < -0.3 is 10.6 Å². The van der Waals surface area contributed by atoms with Crippen molar-refractivity contribution in [2.24, 2.45) is 0 Å². The molecule has 21 heavy (non-hydrogen) atoms. The molecular weight excluding hydrogens is 260 g/mol. The molecule has 2 aromatic carbocycles. The fourth-order valence-corrected chi connectivity index (χ4v) is 2.29. The van der Waals surface area contributed by atoms with Crippen molar-refractivity contribution in [2.45, 2.75) is 26.8 Å². The van der Waals surface area contributed by atoms with Crippen LogP contribution in [0.5, 0.6) is 0 Å². The summed E-state index contributed by atoms with van der Waals surface area (Å²) in [5, 5.41) is 6.13. The summed E-state index contributed by atoms with van der Waals surface area (Å²) in [7, 11) is 0. The van der Waals surface area contributed by atoms with Crippen molar-refractivity contribution >= 4 is 11.6 Å². The monoisotopic (exact) mass is 282 g/mol. The van der Waals surface area contributed by atoms with Crippen LogP contribution in [-0.4, -0.2) is 12.5 Å². The topological polar surface area (TPSA) is 41.1 Å². The molecule has 1 amide bonds. The predicted molar refractivity (Wildman–Crippen MR) is 87.3 cm³/mol. The van der Waals surface area contributed by atoms with Crippen LogP contribution in [-0.2, 0) is 17.8 Å². The first-order valence-electron chi connectivity index (χ1n) is 7.33. The van der Waals surface area contributed by atoms with Gasteiger partial charge in [0.25, 0.3) is 0 Å². The molecule has 2 N–H and O–H groups in total. The van der Waals surface area contributed by atoms with Crippen molar-refractivity contribution < 1.29 is 4.79 Å². The van der Waals surface area contributed by atoms with Crippen molar-refractivity contribution in [1.82, 2.24) is 5.32 Å². The van der Waals surface area contributed by atoms with Crippen LogP contribution in [0.15, 0.2) is 48.5 Å². The second-order valence-corrected chi connectivity index (χ2v) is 5.09. The highest BCUT2D eigenvalue weighted by Crippen LogP contribution is 2.12. The summed E-state index contributed by atoms with van der Waals surface area (Å²) in [5.41, 5.74) is 4.52. The number of hydrogen-bond donors (Lipinski definition) is 2. The molecular formula is C18H22N2O. The number of carbonyl (C=O) groups excluding carboxylic acids is 1. The molecule has 3 heteroatoms. The summed E-state index contributed by atoms with van der Waals surface area (Å²) in [4.78, 5) is 11.9. The molecule has 3 nitrogen and oxygen atoms in total. The molecule has 110 valence electrons. The number of anilines is 1. The number of benzene rings is 2. The van der Waals surface area contributed by atoms with Gasteiger partial charge >= 0.3 is 0 Å². The molecule has 0 atom stereocenters. The van der Waals surface area contributed by atoms with E-state index >= 15 is 0 Å². The molecule has 0 saturated heterocycles. The molecule has 0 unspecified atom stereocenters. The van der Waals surface area contributed by atoms with Gasteiger partial charge in [-0.1, -0.05) is 49.4 Å². The Morgan fingerprint density at radius 3 is 2.38 bits per heavy atom. The third kappa shape index (κ3) is 4.43. The van der Waals surface area contributed by atoms with Crippen molar-refractivity contribution in [3.63, 3.8) is 0 Å². The van der Waals surface area contributed by atoms with Crippen LogP contribution in [0.25, 0.3) is 0 Å². The first-order chi connectivity index (χ1) is 10.2. The van der Waals surface area contributed by atoms with Gasteiger partial charge in [-0.05, 0) is 36.1 Å². The number of para-hydroxylation sites is 1. The van der Waals surface area contributed by atoms with E-state index in [0.29, 0.717) is 13.1 Å². The van der Waals surface area contributed by atoms with Gasteiger partial charge in [-0.3, -0.25) is 4.79 Å². The van der Waals surface area contributed by atoms with E-state index in [9.17, 15) is 4.79 Å². The zero-order valence-corrected chi connectivity index (χ0v) is 12.6. The Morgan fingerprint density at radius 2 is 1.67 bits per heavy atom. The van der Waals surface area contributed by atoms with E-state index in [2.05, 4.69) is 29.7 Å². The average molecular weight is 282 g/mol. The molecule has 0 aliphatic carbocycles. The van der Waals surface area contributed by atoms with Crippen molar-refractivity contribution in [2.75, 3.05) is 11.9 Å². The third-order valence-corrected chi connectivity index (χ3v) is 3.52. The molecule has 0 fully saturated rings. The highest BCUT2D eigenvalue weighted by atomic mass is 16.1. The maximum absolute atomic E-state index is 11.9. The summed E-state index contributed by atoms with van der Waals surface area (Å²) in [6.45, 7) is 5.15. The van der Waals surface area contributed by atoms with E-state index < -0.39 is 0 Å². The minimum absolute atomic E-state index is 0.0155. The van der Waals surface area contributed by atoms with Crippen LogP contribution in [0.4, 0.5) is 5.69 Å². The Kier molecular flexibility index (Phi) is 5.52. The lowest BCUT2D eigenvalue weighted by Crippen LogP contribution is -2.28. The summed E-state index contributed by atoms with van der Waals surface area (Å²) in [5.74, 6) is -0.0155. The van der Waals surface area contributed by atoms with Gasteiger partial charge in [0.1, 0.15) is 0 Å².